The topological polar surface area (TPSA) is 112 Å². The first-order chi connectivity index (χ1) is 7.66. The summed E-state index contributed by atoms with van der Waals surface area (Å²) in [5.74, 6) is -0.902. The third-order valence-corrected chi connectivity index (χ3v) is 2.12. The first kappa shape index (κ1) is 10.2. The largest absolute Gasteiger partial charge is 0.481 e. The molecular formula is C9H9N3O4. The molecule has 0 aromatic carbocycles. The average molecular weight is 223 g/mol. The second kappa shape index (κ2) is 4.05. The lowest BCUT2D eigenvalue weighted by Gasteiger charge is -1.95. The minimum Gasteiger partial charge on any atom is -0.481 e. The molecule has 0 amide bonds. The van der Waals surface area contributed by atoms with Crippen LogP contribution in [0.4, 0.5) is 0 Å². The van der Waals surface area contributed by atoms with E-state index in [0.717, 1.165) is 5.69 Å². The normalized spacial score (nSPS) is 10.5. The van der Waals surface area contributed by atoms with E-state index in [1.165, 1.54) is 0 Å². The lowest BCUT2D eigenvalue weighted by molar-refractivity contribution is -0.136. The Morgan fingerprint density at radius 1 is 1.56 bits per heavy atom. The number of nitrogens with one attached hydrogen (secondary N) is 2. The quantitative estimate of drug-likeness (QED) is 0.670. The van der Waals surface area contributed by atoms with Crippen LogP contribution in [-0.2, 0) is 17.6 Å². The van der Waals surface area contributed by atoms with Crippen LogP contribution in [0.1, 0.15) is 17.0 Å². The van der Waals surface area contributed by atoms with Crippen LogP contribution in [0.5, 0.6) is 0 Å². The summed E-state index contributed by atoms with van der Waals surface area (Å²) in [5.41, 5.74) is 0.621. The number of aliphatic carboxylic acids is 1. The molecule has 3 N–H and O–H groups in total. The molecule has 0 spiro atoms. The fraction of sp³-hybridized carbons (Fsp3) is 0.222. The Bertz CT molecular complexity index is 537. The van der Waals surface area contributed by atoms with Gasteiger partial charge in [-0.3, -0.25) is 14.7 Å². The van der Waals surface area contributed by atoms with Crippen LogP contribution in [0.15, 0.2) is 21.6 Å². The smallest absolute Gasteiger partial charge is 0.311 e. The maximum atomic E-state index is 11.4. The summed E-state index contributed by atoms with van der Waals surface area (Å²) in [6.07, 6.45) is 1.51. The maximum Gasteiger partial charge on any atom is 0.311 e. The molecule has 84 valence electrons. The molecule has 7 nitrogen and oxygen atoms in total. The first-order valence-corrected chi connectivity index (χ1v) is 4.56. The molecule has 2 aromatic heterocycles. The van der Waals surface area contributed by atoms with Gasteiger partial charge in [0.1, 0.15) is 6.42 Å². The van der Waals surface area contributed by atoms with E-state index in [-0.39, 0.29) is 18.6 Å². The lowest BCUT2D eigenvalue weighted by atomic mass is 10.1. The van der Waals surface area contributed by atoms with E-state index in [2.05, 4.69) is 15.4 Å². The van der Waals surface area contributed by atoms with Crippen molar-refractivity contribution in [1.82, 2.24) is 15.4 Å². The molecule has 0 saturated heterocycles. The Morgan fingerprint density at radius 3 is 3.00 bits per heavy atom. The fourth-order valence-electron chi connectivity index (χ4n) is 1.39. The Hall–Kier alpha value is -2.31. The highest BCUT2D eigenvalue weighted by atomic mass is 16.5. The second-order valence-corrected chi connectivity index (χ2v) is 3.26. The van der Waals surface area contributed by atoms with E-state index in [0.29, 0.717) is 5.56 Å². The molecule has 7 heteroatoms. The highest BCUT2D eigenvalue weighted by Crippen LogP contribution is 2.09. The number of carboxylic acids is 1. The SMILES string of the molecule is O=C(O)Cc1o[nH]c(=O)c1Cc1ccn[nH]1. The molecular weight excluding hydrogens is 214 g/mol. The zero-order valence-electron chi connectivity index (χ0n) is 8.19. The molecule has 0 radical (unpaired) electrons. The van der Waals surface area contributed by atoms with Crippen molar-refractivity contribution in [3.8, 4) is 0 Å². The molecule has 0 aliphatic rings. The summed E-state index contributed by atoms with van der Waals surface area (Å²) >= 11 is 0. The Kier molecular flexibility index (Phi) is 2.59. The van der Waals surface area contributed by atoms with Gasteiger partial charge in [-0.05, 0) is 6.07 Å². The molecule has 0 atom stereocenters. The Balaban J connectivity index is 2.28. The maximum absolute atomic E-state index is 11.4. The molecule has 2 rings (SSSR count). The predicted molar refractivity (Wildman–Crippen MR) is 52.1 cm³/mol. The third-order valence-electron chi connectivity index (χ3n) is 2.12. The Labute approximate surface area is 89.1 Å². The first-order valence-electron chi connectivity index (χ1n) is 4.56. The van der Waals surface area contributed by atoms with Crippen LogP contribution in [0, 0.1) is 0 Å². The number of hydrogen-bond donors (Lipinski definition) is 3. The number of carbonyl (C=O) groups is 1. The molecule has 0 unspecified atom stereocenters. The second-order valence-electron chi connectivity index (χ2n) is 3.26. The molecule has 0 aliphatic heterocycles. The van der Waals surface area contributed by atoms with Crippen molar-refractivity contribution in [2.24, 2.45) is 0 Å². The fourth-order valence-corrected chi connectivity index (χ4v) is 1.39. The van der Waals surface area contributed by atoms with Crippen LogP contribution in [0.3, 0.4) is 0 Å². The van der Waals surface area contributed by atoms with Crippen molar-refractivity contribution in [1.29, 1.82) is 0 Å². The number of hydrogen-bond acceptors (Lipinski definition) is 4. The van der Waals surface area contributed by atoms with E-state index in [9.17, 15) is 9.59 Å². The zero-order chi connectivity index (χ0) is 11.5. The summed E-state index contributed by atoms with van der Waals surface area (Å²) < 4.78 is 4.80. The predicted octanol–water partition coefficient (Wildman–Crippen LogP) is -0.0911. The van der Waals surface area contributed by atoms with Gasteiger partial charge in [0.2, 0.25) is 0 Å². The van der Waals surface area contributed by atoms with E-state index in [4.69, 9.17) is 9.63 Å². The van der Waals surface area contributed by atoms with Crippen molar-refractivity contribution in [3.63, 3.8) is 0 Å². The molecule has 0 aliphatic carbocycles. The average Bonchev–Trinajstić information content (AvgIpc) is 2.82. The minimum absolute atomic E-state index is 0.145. The molecule has 16 heavy (non-hydrogen) atoms. The van der Waals surface area contributed by atoms with Gasteiger partial charge >= 0.3 is 5.97 Å². The van der Waals surface area contributed by atoms with Crippen LogP contribution >= 0.6 is 0 Å². The number of rotatable bonds is 4. The van der Waals surface area contributed by atoms with Crippen LogP contribution in [-0.4, -0.2) is 26.4 Å². The van der Waals surface area contributed by atoms with Gasteiger partial charge in [0.25, 0.3) is 5.56 Å². The van der Waals surface area contributed by atoms with Gasteiger partial charge in [-0.1, -0.05) is 0 Å². The number of nitrogens with zero attached hydrogens (tertiary/aromatic N) is 1. The summed E-state index contributed by atoms with van der Waals surface area (Å²) in [6.45, 7) is 0. The van der Waals surface area contributed by atoms with E-state index >= 15 is 0 Å². The Morgan fingerprint density at radius 2 is 2.38 bits per heavy atom. The highest BCUT2D eigenvalue weighted by Gasteiger charge is 2.16. The van der Waals surface area contributed by atoms with Gasteiger partial charge < -0.3 is 9.63 Å². The molecule has 0 fully saturated rings. The standard InChI is InChI=1S/C9H9N3O4/c13-8(14)4-7-6(9(15)12-16-7)3-5-1-2-10-11-5/h1-2H,3-4H2,(H,10,11)(H,12,15)(H,13,14). The zero-order valence-corrected chi connectivity index (χ0v) is 8.19. The van der Waals surface area contributed by atoms with Gasteiger partial charge in [0, 0.05) is 18.3 Å². The van der Waals surface area contributed by atoms with Crippen molar-refractivity contribution in [2.45, 2.75) is 12.8 Å². The highest BCUT2D eigenvalue weighted by molar-refractivity contribution is 5.69. The summed E-state index contributed by atoms with van der Waals surface area (Å²) in [6, 6.07) is 1.71. The number of H-pyrrole nitrogens is 2. The van der Waals surface area contributed by atoms with Crippen molar-refractivity contribution >= 4 is 5.97 Å². The monoisotopic (exact) mass is 223 g/mol. The number of carboxylic acid groups (broad SMARTS) is 1. The number of aromatic nitrogens is 3. The summed E-state index contributed by atoms with van der Waals surface area (Å²) in [4.78, 5) is 21.9. The van der Waals surface area contributed by atoms with Crippen molar-refractivity contribution in [3.05, 3.63) is 39.6 Å². The van der Waals surface area contributed by atoms with E-state index < -0.39 is 11.5 Å². The van der Waals surface area contributed by atoms with Crippen molar-refractivity contribution in [2.75, 3.05) is 0 Å². The third kappa shape index (κ3) is 2.02. The van der Waals surface area contributed by atoms with Crippen molar-refractivity contribution < 1.29 is 14.4 Å². The molecule has 2 heterocycles. The molecule has 0 bridgehead atoms. The summed E-state index contributed by atoms with van der Waals surface area (Å²) in [7, 11) is 0. The molecule has 0 saturated carbocycles. The van der Waals surface area contributed by atoms with Gasteiger partial charge in [-0.2, -0.15) is 10.3 Å². The molecule has 2 aromatic rings. The minimum atomic E-state index is -1.05. The number of aromatic amines is 2. The van der Waals surface area contributed by atoms with E-state index in [1.807, 2.05) is 0 Å². The van der Waals surface area contributed by atoms with Gasteiger partial charge in [-0.25, -0.2) is 0 Å². The van der Waals surface area contributed by atoms with Gasteiger partial charge in [0.05, 0.1) is 5.56 Å². The van der Waals surface area contributed by atoms with Crippen LogP contribution in [0.2, 0.25) is 0 Å². The lowest BCUT2D eigenvalue weighted by Crippen LogP contribution is -2.10. The van der Waals surface area contributed by atoms with Crippen LogP contribution in [0.25, 0.3) is 0 Å². The van der Waals surface area contributed by atoms with Gasteiger partial charge in [0.15, 0.2) is 5.76 Å². The van der Waals surface area contributed by atoms with Gasteiger partial charge in [-0.15, -0.1) is 0 Å². The van der Waals surface area contributed by atoms with Crippen LogP contribution < -0.4 is 5.56 Å². The van der Waals surface area contributed by atoms with E-state index in [1.54, 1.807) is 12.3 Å². The summed E-state index contributed by atoms with van der Waals surface area (Å²) in [5, 5.41) is 17.2.